The van der Waals surface area contributed by atoms with Crippen molar-refractivity contribution in [3.8, 4) is 0 Å². The maximum Gasteiger partial charge on any atom is 0.310 e. The van der Waals surface area contributed by atoms with Gasteiger partial charge < -0.3 is 24.8 Å². The Bertz CT molecular complexity index is 735. The Morgan fingerprint density at radius 3 is 1.95 bits per heavy atom. The van der Waals surface area contributed by atoms with Crippen LogP contribution >= 0.6 is 11.8 Å². The van der Waals surface area contributed by atoms with Crippen LogP contribution in [0.2, 0.25) is 0 Å². The van der Waals surface area contributed by atoms with Gasteiger partial charge in [-0.1, -0.05) is 0 Å². The highest BCUT2D eigenvalue weighted by atomic mass is 32.2. The lowest BCUT2D eigenvalue weighted by Gasteiger charge is -2.38. The lowest BCUT2D eigenvalue weighted by molar-refractivity contribution is -0.263. The van der Waals surface area contributed by atoms with Crippen molar-refractivity contribution in [2.45, 2.75) is 131 Å². The molecule has 37 heavy (non-hydrogen) atoms. The van der Waals surface area contributed by atoms with Crippen LogP contribution in [0.3, 0.4) is 0 Å². The van der Waals surface area contributed by atoms with Crippen molar-refractivity contribution in [3.63, 3.8) is 0 Å². The maximum absolute atomic E-state index is 12.7. The first-order valence-corrected chi connectivity index (χ1v) is 15.1. The topological polar surface area (TPSA) is 143 Å². The molecular weight excluding hydrogens is 500 g/mol. The minimum atomic E-state index is -1.03. The van der Waals surface area contributed by atoms with Crippen LogP contribution in [0.25, 0.3) is 0 Å². The number of thioether (sulfide) groups is 1. The molecule has 0 saturated heterocycles. The van der Waals surface area contributed by atoms with Gasteiger partial charge in [-0.25, -0.2) is 4.89 Å². The van der Waals surface area contributed by atoms with E-state index in [0.29, 0.717) is 29.8 Å². The van der Waals surface area contributed by atoms with E-state index in [1.54, 1.807) is 0 Å². The summed E-state index contributed by atoms with van der Waals surface area (Å²) in [5.41, 5.74) is 0. The quantitative estimate of drug-likeness (QED) is 0.192. The molecule has 4 fully saturated rings. The van der Waals surface area contributed by atoms with Gasteiger partial charge >= 0.3 is 11.9 Å². The molecule has 0 aromatic heterocycles. The molecule has 0 aromatic rings. The Kier molecular flexibility index (Phi) is 11.0. The fourth-order valence-electron chi connectivity index (χ4n) is 6.73. The molecule has 6 unspecified atom stereocenters. The molecule has 4 saturated carbocycles. The van der Waals surface area contributed by atoms with Gasteiger partial charge in [0.25, 0.3) is 0 Å². The second-order valence-corrected chi connectivity index (χ2v) is 13.2. The van der Waals surface area contributed by atoms with E-state index in [0.717, 1.165) is 64.2 Å². The number of aliphatic hydroxyl groups is 2. The summed E-state index contributed by atoms with van der Waals surface area (Å²) in [6.45, 7) is 0.203. The lowest BCUT2D eigenvalue weighted by Crippen LogP contribution is -2.40. The minimum absolute atomic E-state index is 0.0323. The molecule has 4 aliphatic carbocycles. The average Bonchev–Trinajstić information content (AvgIpc) is 2.88. The molecule has 0 radical (unpaired) electrons. The highest BCUT2D eigenvalue weighted by molar-refractivity contribution is 8.00. The van der Waals surface area contributed by atoms with Gasteiger partial charge in [0.05, 0.1) is 42.9 Å². The van der Waals surface area contributed by atoms with E-state index >= 15 is 0 Å². The number of ether oxygens (including phenoxy) is 2. The third-order valence-electron chi connectivity index (χ3n) is 8.89. The Morgan fingerprint density at radius 2 is 1.32 bits per heavy atom. The summed E-state index contributed by atoms with van der Waals surface area (Å²) in [6, 6.07) is 0. The summed E-state index contributed by atoms with van der Waals surface area (Å²) in [5.74, 6) is -2.92. The molecule has 9 nitrogen and oxygen atoms in total. The molecule has 0 bridgehead atoms. The van der Waals surface area contributed by atoms with Gasteiger partial charge in [-0.2, -0.15) is 11.8 Å². The first-order chi connectivity index (χ1) is 17.8. The SMILES string of the molecule is O=C(O)C1CC(O)CCC1C(=O)OC1CCC(SC2CCC(OC3CCC(O)CC3COO)CC2)CC1. The van der Waals surface area contributed by atoms with Crippen molar-refractivity contribution in [3.05, 3.63) is 0 Å². The number of rotatable bonds is 9. The van der Waals surface area contributed by atoms with Gasteiger partial charge in [-0.05, 0) is 89.9 Å². The average molecular weight is 545 g/mol. The zero-order valence-corrected chi connectivity index (χ0v) is 22.4. The zero-order valence-electron chi connectivity index (χ0n) is 21.6. The summed E-state index contributed by atoms with van der Waals surface area (Å²) < 4.78 is 12.2. The lowest BCUT2D eigenvalue weighted by atomic mass is 9.78. The number of aliphatic carboxylic acids is 1. The Hall–Kier alpha value is -0.910. The molecule has 4 N–H and O–H groups in total. The molecule has 0 amide bonds. The minimum Gasteiger partial charge on any atom is -0.481 e. The van der Waals surface area contributed by atoms with E-state index in [2.05, 4.69) is 16.6 Å². The van der Waals surface area contributed by atoms with E-state index < -0.39 is 29.9 Å². The third-order valence-corrected chi connectivity index (χ3v) is 10.6. The number of carboxylic acids is 1. The Morgan fingerprint density at radius 1 is 0.730 bits per heavy atom. The fourth-order valence-corrected chi connectivity index (χ4v) is 8.36. The maximum atomic E-state index is 12.7. The summed E-state index contributed by atoms with van der Waals surface area (Å²) in [5, 5.41) is 39.2. The molecule has 0 aliphatic heterocycles. The second-order valence-electron chi connectivity index (χ2n) is 11.6. The zero-order chi connectivity index (χ0) is 26.4. The van der Waals surface area contributed by atoms with Crippen molar-refractivity contribution in [1.82, 2.24) is 0 Å². The normalized spacial score (nSPS) is 41.2. The Balaban J connectivity index is 1.14. The van der Waals surface area contributed by atoms with Crippen LogP contribution in [0.1, 0.15) is 89.9 Å². The van der Waals surface area contributed by atoms with Gasteiger partial charge in [0.15, 0.2) is 0 Å². The van der Waals surface area contributed by atoms with Crippen molar-refractivity contribution in [2.24, 2.45) is 17.8 Å². The number of hydrogen-bond acceptors (Lipinski definition) is 9. The number of carbonyl (C=O) groups is 2. The Labute approximate surface area is 223 Å². The highest BCUT2D eigenvalue weighted by Crippen LogP contribution is 2.40. The van der Waals surface area contributed by atoms with E-state index in [1.165, 1.54) is 0 Å². The van der Waals surface area contributed by atoms with Gasteiger partial charge in [0.2, 0.25) is 0 Å². The molecule has 0 spiro atoms. The summed E-state index contributed by atoms with van der Waals surface area (Å²) in [4.78, 5) is 28.6. The van der Waals surface area contributed by atoms with E-state index in [-0.39, 0.29) is 43.4 Å². The number of carbonyl (C=O) groups excluding carboxylic acids is 1. The smallest absolute Gasteiger partial charge is 0.310 e. The molecular formula is C27H44O9S. The summed E-state index contributed by atoms with van der Waals surface area (Å²) in [6.07, 6.45) is 10.1. The second kappa shape index (κ2) is 13.9. The largest absolute Gasteiger partial charge is 0.481 e. The first-order valence-electron chi connectivity index (χ1n) is 14.2. The molecule has 4 rings (SSSR count). The van der Waals surface area contributed by atoms with E-state index in [9.17, 15) is 24.9 Å². The molecule has 212 valence electrons. The van der Waals surface area contributed by atoms with Crippen molar-refractivity contribution in [1.29, 1.82) is 0 Å². The highest BCUT2D eigenvalue weighted by Gasteiger charge is 2.41. The first kappa shape index (κ1) is 29.1. The van der Waals surface area contributed by atoms with Crippen LogP contribution in [0.15, 0.2) is 0 Å². The van der Waals surface area contributed by atoms with Crippen LogP contribution in [0.5, 0.6) is 0 Å². The van der Waals surface area contributed by atoms with Crippen LogP contribution in [0.4, 0.5) is 0 Å². The predicted molar refractivity (Wildman–Crippen MR) is 137 cm³/mol. The molecule has 4 aliphatic rings. The van der Waals surface area contributed by atoms with Crippen LogP contribution in [0, 0.1) is 17.8 Å². The van der Waals surface area contributed by atoms with E-state index in [1.807, 2.05) is 0 Å². The molecule has 0 aromatic carbocycles. The molecule has 6 atom stereocenters. The van der Waals surface area contributed by atoms with Crippen LogP contribution in [-0.2, 0) is 24.0 Å². The molecule has 0 heterocycles. The number of hydrogen-bond donors (Lipinski definition) is 4. The van der Waals surface area contributed by atoms with Crippen LogP contribution < -0.4 is 0 Å². The van der Waals surface area contributed by atoms with Gasteiger partial charge in [-0.15, -0.1) is 0 Å². The monoisotopic (exact) mass is 544 g/mol. The predicted octanol–water partition coefficient (Wildman–Crippen LogP) is 3.78. The summed E-state index contributed by atoms with van der Waals surface area (Å²) in [7, 11) is 0. The number of esters is 1. The summed E-state index contributed by atoms with van der Waals surface area (Å²) >= 11 is 2.06. The van der Waals surface area contributed by atoms with Crippen molar-refractivity contribution < 1.29 is 44.5 Å². The van der Waals surface area contributed by atoms with Crippen LogP contribution in [-0.4, -0.2) is 80.1 Å². The fraction of sp³-hybridized carbons (Fsp3) is 0.926. The standard InChI is InChI=1S/C27H44O9S/c28-17-2-12-25(16(13-17)15-34-33)35-19-3-7-21(8-4-19)37-22-9-5-20(6-10-22)36-27(32)23-11-1-18(29)14-24(23)26(30)31/h16-25,28-29,33H,1-15H2,(H,30,31). The van der Waals surface area contributed by atoms with Crippen molar-refractivity contribution >= 4 is 23.7 Å². The number of aliphatic hydroxyl groups excluding tert-OH is 2. The van der Waals surface area contributed by atoms with Gasteiger partial charge in [-0.3, -0.25) is 14.8 Å². The third kappa shape index (κ3) is 8.29. The molecule has 10 heteroatoms. The van der Waals surface area contributed by atoms with Crippen molar-refractivity contribution in [2.75, 3.05) is 6.61 Å². The van der Waals surface area contributed by atoms with Gasteiger partial charge in [0.1, 0.15) is 6.10 Å². The number of carboxylic acid groups (broad SMARTS) is 1. The van der Waals surface area contributed by atoms with Gasteiger partial charge in [0, 0.05) is 16.4 Å². The van der Waals surface area contributed by atoms with E-state index in [4.69, 9.17) is 14.7 Å².